The van der Waals surface area contributed by atoms with Crippen LogP contribution in [0.2, 0.25) is 0 Å². The van der Waals surface area contributed by atoms with Crippen LogP contribution in [-0.2, 0) is 4.79 Å². The van der Waals surface area contributed by atoms with Gasteiger partial charge in [-0.3, -0.25) is 14.9 Å². The number of rotatable bonds is 5. The van der Waals surface area contributed by atoms with Crippen LogP contribution in [0.25, 0.3) is 17.4 Å². The molecule has 0 saturated heterocycles. The zero-order valence-electron chi connectivity index (χ0n) is 14.7. The van der Waals surface area contributed by atoms with Gasteiger partial charge in [0.25, 0.3) is 11.6 Å². The van der Waals surface area contributed by atoms with Crippen molar-refractivity contribution in [1.82, 2.24) is 5.32 Å². The molecule has 7 nitrogen and oxygen atoms in total. The second-order valence-electron chi connectivity index (χ2n) is 6.48. The summed E-state index contributed by atoms with van der Waals surface area (Å²) in [6, 6.07) is 11.4. The van der Waals surface area contributed by atoms with Gasteiger partial charge in [-0.1, -0.05) is 19.3 Å². The summed E-state index contributed by atoms with van der Waals surface area (Å²) in [5.41, 5.74) is 0.659. The van der Waals surface area contributed by atoms with Crippen LogP contribution in [-0.4, -0.2) is 16.9 Å². The van der Waals surface area contributed by atoms with E-state index in [0.29, 0.717) is 17.1 Å². The van der Waals surface area contributed by atoms with Gasteiger partial charge in [-0.2, -0.15) is 5.26 Å². The minimum absolute atomic E-state index is 0.00317. The molecule has 3 rings (SSSR count). The molecule has 0 aliphatic heterocycles. The molecule has 7 heteroatoms. The third-order valence-electron chi connectivity index (χ3n) is 4.58. The van der Waals surface area contributed by atoms with Gasteiger partial charge in [0.15, 0.2) is 0 Å². The zero-order valence-corrected chi connectivity index (χ0v) is 14.7. The second-order valence-corrected chi connectivity index (χ2v) is 6.48. The lowest BCUT2D eigenvalue weighted by Crippen LogP contribution is -2.36. The third-order valence-corrected chi connectivity index (χ3v) is 4.58. The van der Waals surface area contributed by atoms with Crippen LogP contribution < -0.4 is 5.32 Å². The second kappa shape index (κ2) is 8.32. The summed E-state index contributed by atoms with van der Waals surface area (Å²) in [6.07, 6.45) is 6.66. The van der Waals surface area contributed by atoms with Crippen LogP contribution >= 0.6 is 0 Å². The predicted molar refractivity (Wildman–Crippen MR) is 99.4 cm³/mol. The van der Waals surface area contributed by atoms with Gasteiger partial charge in [0.2, 0.25) is 0 Å². The van der Waals surface area contributed by atoms with Crippen LogP contribution in [0.5, 0.6) is 0 Å². The van der Waals surface area contributed by atoms with Gasteiger partial charge in [0.1, 0.15) is 23.2 Å². The molecule has 1 aromatic carbocycles. The van der Waals surface area contributed by atoms with E-state index in [-0.39, 0.29) is 17.3 Å². The summed E-state index contributed by atoms with van der Waals surface area (Å²) in [7, 11) is 0. The molecule has 0 spiro atoms. The zero-order chi connectivity index (χ0) is 19.2. The average molecular weight is 365 g/mol. The number of non-ortho nitro benzene ring substituents is 1. The molecule has 1 aliphatic rings. The molecule has 1 amide bonds. The van der Waals surface area contributed by atoms with Gasteiger partial charge in [0, 0.05) is 29.8 Å². The lowest BCUT2D eigenvalue weighted by molar-refractivity contribution is -0.384. The Balaban J connectivity index is 1.72. The summed E-state index contributed by atoms with van der Waals surface area (Å²) < 4.78 is 5.67. The Morgan fingerprint density at radius 3 is 2.52 bits per heavy atom. The Hall–Kier alpha value is -3.40. The molecule has 1 fully saturated rings. The van der Waals surface area contributed by atoms with Crippen molar-refractivity contribution < 1.29 is 14.1 Å². The van der Waals surface area contributed by atoms with Crippen molar-refractivity contribution in [3.05, 3.63) is 57.8 Å². The molecule has 0 radical (unpaired) electrons. The highest BCUT2D eigenvalue weighted by molar-refractivity contribution is 6.01. The first-order valence-electron chi connectivity index (χ1n) is 8.84. The van der Waals surface area contributed by atoms with E-state index < -0.39 is 10.8 Å². The molecule has 1 heterocycles. The van der Waals surface area contributed by atoms with Crippen molar-refractivity contribution in [2.75, 3.05) is 0 Å². The quantitative estimate of drug-likeness (QED) is 0.369. The van der Waals surface area contributed by atoms with Crippen molar-refractivity contribution in [3.8, 4) is 17.4 Å². The van der Waals surface area contributed by atoms with E-state index in [1.54, 1.807) is 24.3 Å². The highest BCUT2D eigenvalue weighted by atomic mass is 16.6. The van der Waals surface area contributed by atoms with E-state index in [1.807, 2.05) is 6.07 Å². The van der Waals surface area contributed by atoms with Crippen molar-refractivity contribution in [3.63, 3.8) is 0 Å². The largest absolute Gasteiger partial charge is 0.457 e. The first kappa shape index (κ1) is 18.4. The molecular formula is C20H19N3O4. The maximum absolute atomic E-state index is 12.3. The van der Waals surface area contributed by atoms with Crippen LogP contribution in [0.1, 0.15) is 37.9 Å². The monoisotopic (exact) mass is 365 g/mol. The Kier molecular flexibility index (Phi) is 5.67. The van der Waals surface area contributed by atoms with Gasteiger partial charge < -0.3 is 9.73 Å². The molecule has 0 unspecified atom stereocenters. The standard InChI is InChI=1S/C20H19N3O4/c21-13-15(20(24)22-16-4-2-1-3-5-16)12-18-10-11-19(27-18)14-6-8-17(9-7-14)23(25)26/h6-12,16H,1-5H2,(H,22,24)/b15-12+. The number of hydrogen-bond acceptors (Lipinski definition) is 5. The van der Waals surface area contributed by atoms with E-state index in [2.05, 4.69) is 5.32 Å². The molecular weight excluding hydrogens is 346 g/mol. The minimum Gasteiger partial charge on any atom is -0.457 e. The van der Waals surface area contributed by atoms with Crippen molar-refractivity contribution in [2.45, 2.75) is 38.1 Å². The number of hydrogen-bond donors (Lipinski definition) is 1. The minimum atomic E-state index is -0.468. The number of nitro benzene ring substituents is 1. The topological polar surface area (TPSA) is 109 Å². The smallest absolute Gasteiger partial charge is 0.269 e. The summed E-state index contributed by atoms with van der Waals surface area (Å²) in [5, 5.41) is 22.9. The highest BCUT2D eigenvalue weighted by Crippen LogP contribution is 2.25. The summed E-state index contributed by atoms with van der Waals surface area (Å²) in [5.74, 6) is 0.484. The Morgan fingerprint density at radius 1 is 1.19 bits per heavy atom. The number of nitro groups is 1. The number of benzene rings is 1. The average Bonchev–Trinajstić information content (AvgIpc) is 3.15. The summed E-state index contributed by atoms with van der Waals surface area (Å²) >= 11 is 0. The highest BCUT2D eigenvalue weighted by Gasteiger charge is 2.18. The lowest BCUT2D eigenvalue weighted by atomic mass is 9.95. The van der Waals surface area contributed by atoms with Gasteiger partial charge >= 0.3 is 0 Å². The molecule has 1 saturated carbocycles. The Labute approximate surface area is 156 Å². The van der Waals surface area contributed by atoms with Gasteiger partial charge in [-0.25, -0.2) is 0 Å². The summed E-state index contributed by atoms with van der Waals surface area (Å²) in [6.45, 7) is 0. The fraction of sp³-hybridized carbons (Fsp3) is 0.300. The molecule has 1 aliphatic carbocycles. The molecule has 27 heavy (non-hydrogen) atoms. The molecule has 138 valence electrons. The number of nitrogens with zero attached hydrogens (tertiary/aromatic N) is 2. The van der Waals surface area contributed by atoms with Crippen LogP contribution in [0.4, 0.5) is 5.69 Å². The Bertz CT molecular complexity index is 900. The molecule has 2 aromatic rings. The maximum Gasteiger partial charge on any atom is 0.269 e. The van der Waals surface area contributed by atoms with E-state index in [9.17, 15) is 20.2 Å². The summed E-state index contributed by atoms with van der Waals surface area (Å²) in [4.78, 5) is 22.6. The SMILES string of the molecule is N#C/C(=C\c1ccc(-c2ccc([N+](=O)[O-])cc2)o1)C(=O)NC1CCCCC1. The van der Waals surface area contributed by atoms with Crippen LogP contribution in [0.3, 0.4) is 0 Å². The number of carbonyl (C=O) groups is 1. The molecule has 0 atom stereocenters. The first-order chi connectivity index (χ1) is 13.1. The first-order valence-corrected chi connectivity index (χ1v) is 8.84. The molecule has 1 aromatic heterocycles. The molecule has 1 N–H and O–H groups in total. The van der Waals surface area contributed by atoms with Crippen molar-refractivity contribution in [1.29, 1.82) is 5.26 Å². The van der Waals surface area contributed by atoms with Gasteiger partial charge in [0.05, 0.1) is 4.92 Å². The van der Waals surface area contributed by atoms with Crippen molar-refractivity contribution in [2.24, 2.45) is 0 Å². The Morgan fingerprint density at radius 2 is 1.89 bits per heavy atom. The van der Waals surface area contributed by atoms with Gasteiger partial charge in [-0.05, 0) is 37.1 Å². The number of furan rings is 1. The normalized spacial score (nSPS) is 15.1. The number of nitrogens with one attached hydrogen (secondary N) is 1. The van der Waals surface area contributed by atoms with E-state index in [0.717, 1.165) is 25.7 Å². The van der Waals surface area contributed by atoms with Gasteiger partial charge in [-0.15, -0.1) is 0 Å². The maximum atomic E-state index is 12.3. The fourth-order valence-electron chi connectivity index (χ4n) is 3.13. The van der Waals surface area contributed by atoms with Crippen LogP contribution in [0, 0.1) is 21.4 Å². The van der Waals surface area contributed by atoms with E-state index >= 15 is 0 Å². The van der Waals surface area contributed by atoms with E-state index in [1.165, 1.54) is 24.6 Å². The number of amides is 1. The predicted octanol–water partition coefficient (Wildman–Crippen LogP) is 4.21. The molecule has 0 bridgehead atoms. The lowest BCUT2D eigenvalue weighted by Gasteiger charge is -2.22. The van der Waals surface area contributed by atoms with Crippen molar-refractivity contribution >= 4 is 17.7 Å². The third kappa shape index (κ3) is 4.61. The van der Waals surface area contributed by atoms with E-state index in [4.69, 9.17) is 4.42 Å². The fourth-order valence-corrected chi connectivity index (χ4v) is 3.13. The van der Waals surface area contributed by atoms with Crippen LogP contribution in [0.15, 0.2) is 46.4 Å². The number of nitriles is 1. The number of carbonyl (C=O) groups excluding carboxylic acids is 1.